The summed E-state index contributed by atoms with van der Waals surface area (Å²) in [6.45, 7) is 9.09. The van der Waals surface area contributed by atoms with E-state index in [2.05, 4.69) is 56.2 Å². The smallest absolute Gasteiger partial charge is 0.0447 e. The minimum Gasteiger partial charge on any atom is -0.312 e. The van der Waals surface area contributed by atoms with Gasteiger partial charge in [-0.05, 0) is 52.8 Å². The van der Waals surface area contributed by atoms with E-state index in [9.17, 15) is 0 Å². The maximum absolute atomic E-state index is 3.48. The summed E-state index contributed by atoms with van der Waals surface area (Å²) in [6.07, 6.45) is 2.70. The molecule has 0 amide bonds. The summed E-state index contributed by atoms with van der Waals surface area (Å²) in [4.78, 5) is 2.61. The van der Waals surface area contributed by atoms with Crippen LogP contribution in [0.3, 0.4) is 0 Å². The molecule has 1 heterocycles. The summed E-state index contributed by atoms with van der Waals surface area (Å²) >= 11 is 0. The molecule has 1 aromatic rings. The van der Waals surface area contributed by atoms with Crippen molar-refractivity contribution in [3.63, 3.8) is 0 Å². The van der Waals surface area contributed by atoms with Crippen LogP contribution in [0.15, 0.2) is 18.2 Å². The molecule has 1 aliphatic heterocycles. The maximum atomic E-state index is 3.48. The Morgan fingerprint density at radius 1 is 1.28 bits per heavy atom. The molecule has 1 fully saturated rings. The Balaban J connectivity index is 2.12. The minimum atomic E-state index is 0.448. The summed E-state index contributed by atoms with van der Waals surface area (Å²) in [5.74, 6) is 0. The quantitative estimate of drug-likeness (QED) is 0.878. The highest BCUT2D eigenvalue weighted by Gasteiger charge is 2.23. The third-order valence-corrected chi connectivity index (χ3v) is 4.10. The van der Waals surface area contributed by atoms with Crippen molar-refractivity contribution in [1.29, 1.82) is 0 Å². The van der Waals surface area contributed by atoms with Crippen LogP contribution in [-0.2, 0) is 0 Å². The van der Waals surface area contributed by atoms with Gasteiger partial charge in [0.2, 0.25) is 0 Å². The monoisotopic (exact) mass is 246 g/mol. The van der Waals surface area contributed by atoms with Crippen molar-refractivity contribution < 1.29 is 0 Å². The Labute approximate surface area is 111 Å². The summed E-state index contributed by atoms with van der Waals surface area (Å²) < 4.78 is 0. The van der Waals surface area contributed by atoms with Crippen LogP contribution in [-0.4, -0.2) is 31.1 Å². The molecule has 0 spiro atoms. The molecule has 0 aliphatic carbocycles. The van der Waals surface area contributed by atoms with E-state index in [-0.39, 0.29) is 0 Å². The van der Waals surface area contributed by atoms with Gasteiger partial charge < -0.3 is 5.32 Å². The average molecular weight is 246 g/mol. The normalized spacial score (nSPS) is 22.3. The van der Waals surface area contributed by atoms with Crippen LogP contribution in [0.2, 0.25) is 0 Å². The highest BCUT2D eigenvalue weighted by atomic mass is 15.2. The predicted molar refractivity (Wildman–Crippen MR) is 78.0 cm³/mol. The van der Waals surface area contributed by atoms with Crippen molar-refractivity contribution in [2.45, 2.75) is 45.7 Å². The molecule has 1 aromatic carbocycles. The van der Waals surface area contributed by atoms with Crippen LogP contribution in [0, 0.1) is 13.8 Å². The first kappa shape index (κ1) is 13.6. The standard InChI is InChI=1S/C16H26N2/c1-12-8-13(2)10-15(9-12)16(17-4)11-18-7-5-6-14(18)3/h8-10,14,16-17H,5-7,11H2,1-4H3. The Morgan fingerprint density at radius 2 is 1.94 bits per heavy atom. The van der Waals surface area contributed by atoms with Crippen molar-refractivity contribution >= 4 is 0 Å². The second-order valence-electron chi connectivity index (χ2n) is 5.75. The zero-order valence-electron chi connectivity index (χ0n) is 12.2. The summed E-state index contributed by atoms with van der Waals surface area (Å²) in [7, 11) is 2.07. The highest BCUT2D eigenvalue weighted by Crippen LogP contribution is 2.23. The van der Waals surface area contributed by atoms with Crippen molar-refractivity contribution in [2.75, 3.05) is 20.1 Å². The fourth-order valence-corrected chi connectivity index (χ4v) is 3.07. The van der Waals surface area contributed by atoms with E-state index in [1.807, 2.05) is 0 Å². The Kier molecular flexibility index (Phi) is 4.41. The van der Waals surface area contributed by atoms with E-state index in [4.69, 9.17) is 0 Å². The van der Waals surface area contributed by atoms with Gasteiger partial charge in [-0.2, -0.15) is 0 Å². The first-order valence-electron chi connectivity index (χ1n) is 7.09. The van der Waals surface area contributed by atoms with Crippen LogP contribution in [0.25, 0.3) is 0 Å². The maximum Gasteiger partial charge on any atom is 0.0447 e. The zero-order valence-corrected chi connectivity index (χ0v) is 12.2. The molecule has 1 N–H and O–H groups in total. The number of aryl methyl sites for hydroxylation is 2. The first-order chi connectivity index (χ1) is 8.60. The first-order valence-corrected chi connectivity index (χ1v) is 7.09. The molecule has 2 nitrogen and oxygen atoms in total. The van der Waals surface area contributed by atoms with Gasteiger partial charge in [-0.25, -0.2) is 0 Å². The van der Waals surface area contributed by atoms with Crippen LogP contribution < -0.4 is 5.32 Å². The van der Waals surface area contributed by atoms with Gasteiger partial charge in [0.15, 0.2) is 0 Å². The molecule has 0 saturated carbocycles. The Hall–Kier alpha value is -0.860. The summed E-state index contributed by atoms with van der Waals surface area (Å²) in [5, 5.41) is 3.48. The van der Waals surface area contributed by atoms with Crippen LogP contribution in [0.1, 0.15) is 42.5 Å². The van der Waals surface area contributed by atoms with Gasteiger partial charge in [0, 0.05) is 18.6 Å². The number of likely N-dealkylation sites (N-methyl/N-ethyl adjacent to an activating group) is 1. The third-order valence-electron chi connectivity index (χ3n) is 4.10. The van der Waals surface area contributed by atoms with E-state index >= 15 is 0 Å². The predicted octanol–water partition coefficient (Wildman–Crippen LogP) is 3.05. The topological polar surface area (TPSA) is 15.3 Å². The number of benzene rings is 1. The molecule has 18 heavy (non-hydrogen) atoms. The van der Waals surface area contributed by atoms with Gasteiger partial charge in [-0.3, -0.25) is 4.90 Å². The molecule has 2 heteroatoms. The van der Waals surface area contributed by atoms with Crippen molar-refractivity contribution in [3.05, 3.63) is 34.9 Å². The van der Waals surface area contributed by atoms with E-state index in [0.29, 0.717) is 6.04 Å². The largest absolute Gasteiger partial charge is 0.312 e. The second kappa shape index (κ2) is 5.85. The molecule has 1 saturated heterocycles. The van der Waals surface area contributed by atoms with Crippen molar-refractivity contribution in [1.82, 2.24) is 10.2 Å². The molecule has 0 radical (unpaired) electrons. The fourth-order valence-electron chi connectivity index (χ4n) is 3.07. The Bertz CT molecular complexity index is 380. The number of likely N-dealkylation sites (tertiary alicyclic amines) is 1. The molecule has 2 atom stereocenters. The van der Waals surface area contributed by atoms with Crippen LogP contribution in [0.5, 0.6) is 0 Å². The Morgan fingerprint density at radius 3 is 2.44 bits per heavy atom. The van der Waals surface area contributed by atoms with Gasteiger partial charge in [0.05, 0.1) is 0 Å². The lowest BCUT2D eigenvalue weighted by molar-refractivity contribution is 0.241. The lowest BCUT2D eigenvalue weighted by atomic mass is 10.0. The molecule has 0 aromatic heterocycles. The molecule has 100 valence electrons. The van der Waals surface area contributed by atoms with E-state index < -0.39 is 0 Å². The lowest BCUT2D eigenvalue weighted by Gasteiger charge is -2.27. The highest BCUT2D eigenvalue weighted by molar-refractivity contribution is 5.30. The number of nitrogens with zero attached hydrogens (tertiary/aromatic N) is 1. The van der Waals surface area contributed by atoms with E-state index in [0.717, 1.165) is 12.6 Å². The average Bonchev–Trinajstić information content (AvgIpc) is 2.70. The zero-order chi connectivity index (χ0) is 13.1. The molecule has 1 aliphatic rings. The number of hydrogen-bond donors (Lipinski definition) is 1. The van der Waals surface area contributed by atoms with Gasteiger partial charge in [0.1, 0.15) is 0 Å². The van der Waals surface area contributed by atoms with Gasteiger partial charge in [-0.15, -0.1) is 0 Å². The lowest BCUT2D eigenvalue weighted by Crippen LogP contribution is -2.35. The van der Waals surface area contributed by atoms with Gasteiger partial charge in [0.25, 0.3) is 0 Å². The third kappa shape index (κ3) is 3.12. The van der Waals surface area contributed by atoms with Crippen molar-refractivity contribution in [3.8, 4) is 0 Å². The van der Waals surface area contributed by atoms with Crippen LogP contribution >= 0.6 is 0 Å². The summed E-state index contributed by atoms with van der Waals surface area (Å²) in [5.41, 5.74) is 4.15. The SMILES string of the molecule is CNC(CN1CCCC1C)c1cc(C)cc(C)c1. The molecular formula is C16H26N2. The van der Waals surface area contributed by atoms with Crippen LogP contribution in [0.4, 0.5) is 0 Å². The molecule has 0 bridgehead atoms. The summed E-state index contributed by atoms with van der Waals surface area (Å²) in [6, 6.07) is 8.06. The minimum absolute atomic E-state index is 0.448. The number of rotatable bonds is 4. The van der Waals surface area contributed by atoms with Crippen molar-refractivity contribution in [2.24, 2.45) is 0 Å². The molecule has 2 rings (SSSR count). The number of nitrogens with one attached hydrogen (secondary N) is 1. The van der Waals surface area contributed by atoms with Gasteiger partial charge in [-0.1, -0.05) is 29.3 Å². The molecular weight excluding hydrogens is 220 g/mol. The van der Waals surface area contributed by atoms with Gasteiger partial charge >= 0.3 is 0 Å². The second-order valence-corrected chi connectivity index (χ2v) is 5.75. The molecule has 2 unspecified atom stereocenters. The number of hydrogen-bond acceptors (Lipinski definition) is 2. The van der Waals surface area contributed by atoms with E-state index in [1.54, 1.807) is 0 Å². The fraction of sp³-hybridized carbons (Fsp3) is 0.625. The van der Waals surface area contributed by atoms with E-state index in [1.165, 1.54) is 36.1 Å².